The van der Waals surface area contributed by atoms with Gasteiger partial charge in [-0.25, -0.2) is 0 Å². The Kier molecular flexibility index (Phi) is 4.33. The monoisotopic (exact) mass is 210 g/mol. The van der Waals surface area contributed by atoms with E-state index in [2.05, 4.69) is 0 Å². The van der Waals surface area contributed by atoms with Crippen LogP contribution >= 0.6 is 0 Å². The zero-order valence-corrected chi connectivity index (χ0v) is 10.6. The second-order valence-corrected chi connectivity index (χ2v) is 3.21. The summed E-state index contributed by atoms with van der Waals surface area (Å²) in [4.78, 5) is 10.6. The van der Waals surface area contributed by atoms with E-state index < -0.39 is 5.97 Å². The smallest absolute Gasteiger partial charge is 1.00 e. The van der Waals surface area contributed by atoms with Gasteiger partial charge in [0, 0.05) is 0 Å². The van der Waals surface area contributed by atoms with Gasteiger partial charge >= 0.3 is 35.5 Å². The van der Waals surface area contributed by atoms with E-state index in [1.807, 2.05) is 42.5 Å². The van der Waals surface area contributed by atoms with Crippen LogP contribution in [0.2, 0.25) is 0 Å². The number of fused-ring (bicyclic) bond motifs is 1. The average Bonchev–Trinajstić information content (AvgIpc) is 2.18. The molecule has 0 fully saturated rings. The molecule has 15 heavy (non-hydrogen) atoms. The maximum absolute atomic E-state index is 10.6. The number of carboxylic acids is 1. The molecule has 0 amide bonds. The predicted octanol–water partition coefficient (Wildman–Crippen LogP) is -0.417. The van der Waals surface area contributed by atoms with Gasteiger partial charge in [0.15, 0.2) is 0 Å². The van der Waals surface area contributed by atoms with Crippen molar-refractivity contribution in [1.82, 2.24) is 0 Å². The Morgan fingerprint density at radius 1 is 1.13 bits per heavy atom. The fraction of sp³-hybridized carbons (Fsp3) is 0.0833. The fourth-order valence-corrected chi connectivity index (χ4v) is 1.61. The second-order valence-electron chi connectivity index (χ2n) is 3.21. The molecule has 0 spiro atoms. The van der Waals surface area contributed by atoms with Gasteiger partial charge in [-0.1, -0.05) is 42.5 Å². The van der Waals surface area contributed by atoms with Gasteiger partial charge in [-0.3, -0.25) is 4.79 Å². The molecule has 2 aromatic rings. The van der Waals surface area contributed by atoms with Crippen LogP contribution in [0.1, 0.15) is 6.99 Å². The van der Waals surface area contributed by atoms with Gasteiger partial charge < -0.3 is 6.53 Å². The number of hydrogen-bond donors (Lipinski definition) is 1. The van der Waals surface area contributed by atoms with Crippen molar-refractivity contribution in [2.45, 2.75) is 6.42 Å². The Hall–Kier alpha value is -0.830. The van der Waals surface area contributed by atoms with E-state index in [1.54, 1.807) is 0 Å². The SMILES string of the molecule is O=C(O)Cc1cccc2ccccc12.[H-].[Na+]. The number of hydrogen-bond acceptors (Lipinski definition) is 1. The van der Waals surface area contributed by atoms with Crippen LogP contribution in [0.25, 0.3) is 10.8 Å². The molecule has 0 atom stereocenters. The molecule has 0 heterocycles. The molecule has 0 aliphatic rings. The molecular formula is C12H11NaO2. The van der Waals surface area contributed by atoms with Crippen molar-refractivity contribution in [3.05, 3.63) is 48.0 Å². The van der Waals surface area contributed by atoms with Crippen molar-refractivity contribution in [2.24, 2.45) is 0 Å². The van der Waals surface area contributed by atoms with Crippen molar-refractivity contribution < 1.29 is 40.9 Å². The Morgan fingerprint density at radius 2 is 1.80 bits per heavy atom. The maximum Gasteiger partial charge on any atom is 1.00 e. The molecule has 0 aliphatic carbocycles. The molecule has 2 nitrogen and oxygen atoms in total. The van der Waals surface area contributed by atoms with Crippen molar-refractivity contribution in [3.63, 3.8) is 0 Å². The minimum atomic E-state index is -0.790. The van der Waals surface area contributed by atoms with Gasteiger partial charge in [-0.05, 0) is 16.3 Å². The van der Waals surface area contributed by atoms with E-state index in [-0.39, 0.29) is 37.4 Å². The topological polar surface area (TPSA) is 37.3 Å². The molecule has 0 unspecified atom stereocenters. The van der Waals surface area contributed by atoms with Crippen LogP contribution in [-0.2, 0) is 11.2 Å². The minimum absolute atomic E-state index is 0. The zero-order valence-electron chi connectivity index (χ0n) is 9.60. The second kappa shape index (κ2) is 5.31. The maximum atomic E-state index is 10.6. The van der Waals surface area contributed by atoms with Crippen LogP contribution in [0, 0.1) is 0 Å². The summed E-state index contributed by atoms with van der Waals surface area (Å²) in [5.74, 6) is -0.790. The first-order valence-corrected chi connectivity index (χ1v) is 4.46. The third-order valence-corrected chi connectivity index (χ3v) is 2.22. The minimum Gasteiger partial charge on any atom is -1.00 e. The average molecular weight is 210 g/mol. The van der Waals surface area contributed by atoms with Crippen LogP contribution in [0.5, 0.6) is 0 Å². The zero-order chi connectivity index (χ0) is 9.97. The number of benzene rings is 2. The standard InChI is InChI=1S/C12H10O2.Na.H/c13-12(14)8-10-6-3-5-9-4-1-2-7-11(9)10;;/h1-7H,8H2,(H,13,14);;/q;+1;-1. The van der Waals surface area contributed by atoms with Crippen LogP contribution in [0.3, 0.4) is 0 Å². The fourth-order valence-electron chi connectivity index (χ4n) is 1.61. The van der Waals surface area contributed by atoms with Crippen LogP contribution < -0.4 is 29.6 Å². The molecule has 0 aliphatic heterocycles. The van der Waals surface area contributed by atoms with Gasteiger partial charge in [0.2, 0.25) is 0 Å². The van der Waals surface area contributed by atoms with E-state index >= 15 is 0 Å². The van der Waals surface area contributed by atoms with Crippen molar-refractivity contribution in [3.8, 4) is 0 Å². The summed E-state index contributed by atoms with van der Waals surface area (Å²) in [6.07, 6.45) is 0.0847. The molecule has 0 bridgehead atoms. The molecule has 1 N–H and O–H groups in total. The van der Waals surface area contributed by atoms with Gasteiger partial charge in [0.1, 0.15) is 0 Å². The largest absolute Gasteiger partial charge is 1.00 e. The summed E-state index contributed by atoms with van der Waals surface area (Å²) >= 11 is 0. The van der Waals surface area contributed by atoms with Gasteiger partial charge in [0.25, 0.3) is 0 Å². The normalized spacial score (nSPS) is 9.60. The van der Waals surface area contributed by atoms with E-state index in [1.165, 1.54) is 0 Å². The molecular weight excluding hydrogens is 199 g/mol. The number of aliphatic carboxylic acids is 1. The van der Waals surface area contributed by atoms with Crippen molar-refractivity contribution >= 4 is 16.7 Å². The molecule has 2 aromatic carbocycles. The molecule has 3 heteroatoms. The first-order chi connectivity index (χ1) is 6.77. The van der Waals surface area contributed by atoms with Crippen LogP contribution in [0.15, 0.2) is 42.5 Å². The van der Waals surface area contributed by atoms with Crippen LogP contribution in [0.4, 0.5) is 0 Å². The third kappa shape index (κ3) is 2.81. The molecule has 0 radical (unpaired) electrons. The third-order valence-electron chi connectivity index (χ3n) is 2.22. The summed E-state index contributed by atoms with van der Waals surface area (Å²) in [7, 11) is 0. The Bertz CT molecular complexity index is 480. The summed E-state index contributed by atoms with van der Waals surface area (Å²) < 4.78 is 0. The van der Waals surface area contributed by atoms with E-state index in [0.29, 0.717) is 0 Å². The van der Waals surface area contributed by atoms with E-state index in [4.69, 9.17) is 5.11 Å². The number of rotatable bonds is 2. The van der Waals surface area contributed by atoms with Crippen molar-refractivity contribution in [1.29, 1.82) is 0 Å². The summed E-state index contributed by atoms with van der Waals surface area (Å²) in [6.45, 7) is 0. The quantitative estimate of drug-likeness (QED) is 0.684. The number of carbonyl (C=O) groups is 1. The van der Waals surface area contributed by atoms with Crippen molar-refractivity contribution in [2.75, 3.05) is 0 Å². The Balaban J connectivity index is 0.00000112. The summed E-state index contributed by atoms with van der Waals surface area (Å²) in [6, 6.07) is 13.5. The van der Waals surface area contributed by atoms with Gasteiger partial charge in [-0.15, -0.1) is 0 Å². The molecule has 0 saturated carbocycles. The Morgan fingerprint density at radius 3 is 2.53 bits per heavy atom. The van der Waals surface area contributed by atoms with Gasteiger partial charge in [-0.2, -0.15) is 0 Å². The van der Waals surface area contributed by atoms with E-state index in [0.717, 1.165) is 16.3 Å². The predicted molar refractivity (Wildman–Crippen MR) is 56.4 cm³/mol. The number of carboxylic acid groups (broad SMARTS) is 1. The van der Waals surface area contributed by atoms with Crippen LogP contribution in [-0.4, -0.2) is 11.1 Å². The molecule has 0 saturated heterocycles. The molecule has 0 aromatic heterocycles. The van der Waals surface area contributed by atoms with E-state index in [9.17, 15) is 4.79 Å². The summed E-state index contributed by atoms with van der Waals surface area (Å²) in [5, 5.41) is 10.8. The first-order valence-electron chi connectivity index (χ1n) is 4.46. The van der Waals surface area contributed by atoms with Gasteiger partial charge in [0.05, 0.1) is 6.42 Å². The molecule has 2 rings (SSSR count). The molecule has 72 valence electrons. The summed E-state index contributed by atoms with van der Waals surface area (Å²) in [5.41, 5.74) is 0.871. The Labute approximate surface area is 112 Å². The first kappa shape index (κ1) is 12.2.